The largest absolute Gasteiger partial charge is 0.496 e. The summed E-state index contributed by atoms with van der Waals surface area (Å²) in [4.78, 5) is 84.6. The summed E-state index contributed by atoms with van der Waals surface area (Å²) in [5.41, 5.74) is -5.54. The van der Waals surface area contributed by atoms with Crippen LogP contribution in [0.1, 0.15) is 35.8 Å². The first-order valence-corrected chi connectivity index (χ1v) is 22.3. The van der Waals surface area contributed by atoms with E-state index in [9.17, 15) is 19.2 Å². The second kappa shape index (κ2) is 14.1. The first-order chi connectivity index (χ1) is 32.3. The van der Waals surface area contributed by atoms with Crippen molar-refractivity contribution >= 4 is 46.6 Å². The molecule has 0 aromatic heterocycles. The Morgan fingerprint density at radius 2 is 0.970 bits per heavy atom. The summed E-state index contributed by atoms with van der Waals surface area (Å²) in [6.07, 6.45) is 9.77. The molecule has 4 aliphatic carbocycles. The summed E-state index contributed by atoms with van der Waals surface area (Å²) < 4.78 is 65.6. The first-order valence-electron chi connectivity index (χ1n) is 22.3. The van der Waals surface area contributed by atoms with Crippen LogP contribution in [-0.4, -0.2) is 126 Å². The van der Waals surface area contributed by atoms with Gasteiger partial charge in [0.15, 0.2) is 22.4 Å². The van der Waals surface area contributed by atoms with Crippen molar-refractivity contribution in [2.45, 2.75) is 59.3 Å². The number of benzene rings is 2. The van der Waals surface area contributed by atoms with Gasteiger partial charge in [0, 0.05) is 45.6 Å². The Balaban J connectivity index is 1.000. The van der Waals surface area contributed by atoms with E-state index in [0.29, 0.717) is 24.3 Å². The number of rotatable bonds is 12. The maximum absolute atomic E-state index is 15.8. The van der Waals surface area contributed by atoms with Crippen molar-refractivity contribution < 1.29 is 80.9 Å². The van der Waals surface area contributed by atoms with Crippen LogP contribution in [-0.2, 0) is 71.4 Å². The van der Waals surface area contributed by atoms with Crippen LogP contribution >= 0.6 is 0 Å². The zero-order valence-electron chi connectivity index (χ0n) is 37.3. The molecule has 14 atom stereocenters. The summed E-state index contributed by atoms with van der Waals surface area (Å²) >= 11 is 0. The Hall–Kier alpha value is -6.30. The number of hydrogen-bond acceptors (Lipinski definition) is 17. The van der Waals surface area contributed by atoms with Crippen molar-refractivity contribution in [3.63, 3.8) is 0 Å². The Bertz CT molecular complexity index is 2650. The smallest absolute Gasteiger partial charge is 0.339 e. The number of carbonyl (C=O) groups is 6. The molecule has 348 valence electrons. The summed E-state index contributed by atoms with van der Waals surface area (Å²) in [5.74, 6) is -7.17. The van der Waals surface area contributed by atoms with Gasteiger partial charge < -0.3 is 52.1 Å². The maximum Gasteiger partial charge on any atom is 0.339 e. The number of allylic oxidation sites excluding steroid dienone is 2. The summed E-state index contributed by atoms with van der Waals surface area (Å²) in [7, 11) is 7.96. The highest BCUT2D eigenvalue weighted by Gasteiger charge is 2.89. The molecule has 0 radical (unpaired) electrons. The molecule has 14 unspecified atom stereocenters. The van der Waals surface area contributed by atoms with Crippen LogP contribution < -0.4 is 9.47 Å². The van der Waals surface area contributed by atoms with Crippen molar-refractivity contribution in [2.24, 2.45) is 35.5 Å². The Kier molecular flexibility index (Phi) is 8.87. The van der Waals surface area contributed by atoms with E-state index in [0.717, 1.165) is 21.9 Å². The van der Waals surface area contributed by atoms with Crippen LogP contribution in [0.25, 0.3) is 10.8 Å². The van der Waals surface area contributed by atoms with Gasteiger partial charge in [-0.1, -0.05) is 48.6 Å². The molecule has 10 aliphatic rings. The highest BCUT2D eigenvalue weighted by atomic mass is 16.6. The van der Waals surface area contributed by atoms with Gasteiger partial charge in [0.2, 0.25) is 0 Å². The zero-order chi connectivity index (χ0) is 46.7. The lowest BCUT2D eigenvalue weighted by Gasteiger charge is -2.49. The molecule has 12 rings (SSSR count). The van der Waals surface area contributed by atoms with Crippen molar-refractivity contribution in [3.8, 4) is 11.5 Å². The first kappa shape index (κ1) is 42.1. The van der Waals surface area contributed by atoms with E-state index in [1.165, 1.54) is 28.4 Å². The second-order valence-electron chi connectivity index (χ2n) is 18.9. The molecular formula is C50H46O17. The molecular weight excluding hydrogens is 873 g/mol. The molecule has 17 heteroatoms. The quantitative estimate of drug-likeness (QED) is 0.170. The molecule has 6 aliphatic heterocycles. The van der Waals surface area contributed by atoms with Crippen LogP contribution in [0.4, 0.5) is 0 Å². The fraction of sp³-hybridized carbons (Fsp3) is 0.480. The molecule has 0 amide bonds. The Morgan fingerprint density at radius 3 is 1.36 bits per heavy atom. The van der Waals surface area contributed by atoms with Gasteiger partial charge in [-0.25, -0.2) is 28.8 Å². The van der Waals surface area contributed by atoms with Crippen molar-refractivity contribution in [2.75, 3.05) is 55.9 Å². The van der Waals surface area contributed by atoms with Gasteiger partial charge in [0.05, 0.1) is 65.0 Å². The van der Waals surface area contributed by atoms with E-state index in [1.54, 1.807) is 38.5 Å². The topological polar surface area (TPSA) is 204 Å². The van der Waals surface area contributed by atoms with Gasteiger partial charge in [-0.05, 0) is 48.7 Å². The lowest BCUT2D eigenvalue weighted by molar-refractivity contribution is -0.195. The molecule has 2 saturated carbocycles. The molecule has 6 heterocycles. The SMILES string of the molecule is COC(=O)C1=C(C(=O)OC)C2(COC(=O)C34OC(C(=O)OCC56C=CC(O5)C(C(=O)OC)=C6C(=O)OC)(C5C6C=CC(C6)C53)C3C5CC(c6c5c(OC)c5ccccc5c6OC)C34)C=CC1O2. The van der Waals surface area contributed by atoms with E-state index in [2.05, 4.69) is 12.2 Å². The number of esters is 6. The highest BCUT2D eigenvalue weighted by Crippen LogP contribution is 2.82. The second-order valence-corrected chi connectivity index (χ2v) is 18.9. The third kappa shape index (κ3) is 4.89. The van der Waals surface area contributed by atoms with Crippen LogP contribution in [0, 0.1) is 35.5 Å². The van der Waals surface area contributed by atoms with E-state index in [-0.39, 0.29) is 34.1 Å². The predicted molar refractivity (Wildman–Crippen MR) is 226 cm³/mol. The van der Waals surface area contributed by atoms with Crippen LogP contribution in [0.2, 0.25) is 0 Å². The monoisotopic (exact) mass is 918 g/mol. The summed E-state index contributed by atoms with van der Waals surface area (Å²) in [6.45, 7) is -1.06. The third-order valence-corrected chi connectivity index (χ3v) is 16.7. The van der Waals surface area contributed by atoms with E-state index >= 15 is 9.59 Å². The normalized spacial score (nSPS) is 38.4. The number of hydrogen-bond donors (Lipinski definition) is 0. The van der Waals surface area contributed by atoms with Gasteiger partial charge in [-0.15, -0.1) is 0 Å². The third-order valence-electron chi connectivity index (χ3n) is 16.7. The number of fused-ring (bicyclic) bond motifs is 24. The maximum atomic E-state index is 15.8. The van der Waals surface area contributed by atoms with Gasteiger partial charge in [0.1, 0.15) is 36.9 Å². The molecule has 4 fully saturated rings. The Labute approximate surface area is 382 Å². The molecule has 2 aromatic carbocycles. The fourth-order valence-electron chi connectivity index (χ4n) is 14.7. The lowest BCUT2D eigenvalue weighted by atomic mass is 9.50. The minimum atomic E-state index is -1.76. The van der Waals surface area contributed by atoms with Gasteiger partial charge >= 0.3 is 35.8 Å². The predicted octanol–water partition coefficient (Wildman–Crippen LogP) is 3.42. The average Bonchev–Trinajstić information content (AvgIpc) is 4.23. The van der Waals surface area contributed by atoms with E-state index in [1.807, 2.05) is 24.3 Å². The Morgan fingerprint density at radius 1 is 0.552 bits per heavy atom. The highest BCUT2D eigenvalue weighted by molar-refractivity contribution is 6.06. The molecule has 17 nitrogen and oxygen atoms in total. The standard InChI is InChI=1S/C50H46O17/c1-57-39-23-9-7-8-10-24(23)40(58-2)30-26-18-25(29(30)39)35-36(26)50(46(56)64-20-48-16-14-28(66-48)32(42(52)60-4)38(48)44(54)62-6)34-22-12-11-21(17-22)33(34)49(35,67-50)45(55)63-19-47-15-13-27(65-47)31(41(51)59-3)37(47)43(53)61-5/h7-16,21-22,25-28,33-36H,17-20H2,1-6H3. The van der Waals surface area contributed by atoms with Crippen LogP contribution in [0.15, 0.2) is 83.0 Å². The van der Waals surface area contributed by atoms with Crippen molar-refractivity contribution in [1.82, 2.24) is 0 Å². The molecule has 0 spiro atoms. The van der Waals surface area contributed by atoms with E-state index < -0.39 is 119 Å². The summed E-state index contributed by atoms with van der Waals surface area (Å²) in [5, 5.41) is 1.65. The molecule has 67 heavy (non-hydrogen) atoms. The van der Waals surface area contributed by atoms with Crippen molar-refractivity contribution in [3.05, 3.63) is 94.1 Å². The number of methoxy groups -OCH3 is 6. The fourth-order valence-corrected chi connectivity index (χ4v) is 14.7. The van der Waals surface area contributed by atoms with Crippen LogP contribution in [0.3, 0.4) is 0 Å². The minimum absolute atomic E-state index is 0.0554. The van der Waals surface area contributed by atoms with Gasteiger partial charge in [-0.3, -0.25) is 0 Å². The molecule has 0 N–H and O–H groups in total. The summed E-state index contributed by atoms with van der Waals surface area (Å²) in [6, 6.07) is 7.77. The lowest BCUT2D eigenvalue weighted by Crippen LogP contribution is -2.60. The minimum Gasteiger partial charge on any atom is -0.496 e. The molecule has 2 saturated heterocycles. The van der Waals surface area contributed by atoms with Crippen LogP contribution in [0.5, 0.6) is 11.5 Å². The number of carbonyl (C=O) groups excluding carboxylic acids is 6. The molecule has 2 aromatic rings. The van der Waals surface area contributed by atoms with E-state index in [4.69, 9.17) is 52.1 Å². The van der Waals surface area contributed by atoms with Crippen molar-refractivity contribution in [1.29, 1.82) is 0 Å². The van der Waals surface area contributed by atoms with Gasteiger partial charge in [-0.2, -0.15) is 0 Å². The molecule has 10 bridgehead atoms. The number of ether oxygens (including phenoxy) is 11. The van der Waals surface area contributed by atoms with Gasteiger partial charge in [0.25, 0.3) is 0 Å². The average molecular weight is 919 g/mol. The zero-order valence-corrected chi connectivity index (χ0v) is 37.3.